The fourth-order valence-electron chi connectivity index (χ4n) is 4.60. The first-order valence-corrected chi connectivity index (χ1v) is 13.6. The maximum Gasteiger partial charge on any atom is 0.309 e. The Morgan fingerprint density at radius 3 is 2.43 bits per heavy atom. The number of rotatable bonds is 8. The lowest BCUT2D eigenvalue weighted by molar-refractivity contribution is -0.149. The zero-order valence-corrected chi connectivity index (χ0v) is 23.3. The van der Waals surface area contributed by atoms with Gasteiger partial charge in [-0.3, -0.25) is 19.2 Å². The lowest BCUT2D eigenvalue weighted by Crippen LogP contribution is -2.55. The molecule has 1 aliphatic heterocycles. The normalized spacial score (nSPS) is 16.6. The van der Waals surface area contributed by atoms with Gasteiger partial charge in [0.15, 0.2) is 0 Å². The van der Waals surface area contributed by atoms with E-state index in [1.54, 1.807) is 11.0 Å². The van der Waals surface area contributed by atoms with E-state index >= 15 is 0 Å². The monoisotopic (exact) mass is 567 g/mol. The molecule has 0 aliphatic carbocycles. The number of hydrogen-bond acceptors (Lipinski definition) is 5. The Balaban J connectivity index is 1.67. The van der Waals surface area contributed by atoms with Crippen molar-refractivity contribution in [3.05, 3.63) is 39.2 Å². The van der Waals surface area contributed by atoms with E-state index in [9.17, 15) is 24.3 Å². The number of thiophene rings is 1. The molecule has 8 nitrogen and oxygen atoms in total. The maximum atomic E-state index is 12.8. The number of nitrogens with zero attached hydrogens (tertiary/aromatic N) is 1. The molecule has 2 atom stereocenters. The van der Waals surface area contributed by atoms with E-state index in [4.69, 9.17) is 28.9 Å². The number of nitrogens with one attached hydrogen (secondary N) is 1. The van der Waals surface area contributed by atoms with Crippen LogP contribution in [0.1, 0.15) is 45.6 Å². The summed E-state index contributed by atoms with van der Waals surface area (Å²) in [5.74, 6) is -4.40. The highest BCUT2D eigenvalue weighted by Crippen LogP contribution is 2.37. The fraction of sp³-hybridized carbons (Fsp3) is 0.462. The number of hydrogen-bond donors (Lipinski definition) is 3. The van der Waals surface area contributed by atoms with Crippen LogP contribution < -0.4 is 11.1 Å². The van der Waals surface area contributed by atoms with E-state index in [2.05, 4.69) is 5.32 Å². The standard InChI is InChI=1S/C26H31Cl2N3O5S/c1-26(2,3)13-17(32)30-22(24(29)34)19(25(35)36)14-6-9-31(10-7-14)18(33)5-4-15-12-16-8-11-37-23(16)21(28)20(15)27/h4-5,8,11-12,14,19,22H,6-7,9-10,13H2,1-3H3,(H2,29,34)(H,30,32)(H,35,36). The number of amides is 3. The van der Waals surface area contributed by atoms with Crippen LogP contribution in [-0.2, 0) is 19.2 Å². The predicted molar refractivity (Wildman–Crippen MR) is 147 cm³/mol. The van der Waals surface area contributed by atoms with Crippen LogP contribution in [-0.4, -0.2) is 52.8 Å². The van der Waals surface area contributed by atoms with Crippen molar-refractivity contribution in [1.29, 1.82) is 0 Å². The number of carbonyl (C=O) groups is 4. The van der Waals surface area contributed by atoms with Gasteiger partial charge in [-0.1, -0.05) is 44.0 Å². The van der Waals surface area contributed by atoms with E-state index in [0.717, 1.165) is 10.1 Å². The molecule has 3 amide bonds. The summed E-state index contributed by atoms with van der Waals surface area (Å²) in [5, 5.41) is 16.1. The number of likely N-dealkylation sites (tertiary alicyclic amines) is 1. The average Bonchev–Trinajstić information content (AvgIpc) is 3.27. The summed E-state index contributed by atoms with van der Waals surface area (Å²) in [6, 6.07) is 2.46. The molecule has 0 spiro atoms. The molecule has 1 saturated heterocycles. The summed E-state index contributed by atoms with van der Waals surface area (Å²) in [6.07, 6.45) is 3.86. The molecule has 200 valence electrons. The van der Waals surface area contributed by atoms with Gasteiger partial charge in [0.2, 0.25) is 17.7 Å². The molecule has 0 saturated carbocycles. The van der Waals surface area contributed by atoms with Crippen LogP contribution in [0.3, 0.4) is 0 Å². The van der Waals surface area contributed by atoms with Crippen molar-refractivity contribution in [2.45, 2.75) is 46.1 Å². The van der Waals surface area contributed by atoms with Crippen molar-refractivity contribution in [3.63, 3.8) is 0 Å². The van der Waals surface area contributed by atoms with Crippen LogP contribution >= 0.6 is 34.5 Å². The smallest absolute Gasteiger partial charge is 0.309 e. The second-order valence-electron chi connectivity index (χ2n) is 10.5. The first-order valence-electron chi connectivity index (χ1n) is 11.9. The van der Waals surface area contributed by atoms with E-state index in [-0.39, 0.29) is 17.7 Å². The number of carboxylic acid groups (broad SMARTS) is 1. The van der Waals surface area contributed by atoms with Gasteiger partial charge in [0.05, 0.1) is 20.7 Å². The quantitative estimate of drug-likeness (QED) is 0.402. The van der Waals surface area contributed by atoms with Crippen LogP contribution in [0.5, 0.6) is 0 Å². The molecule has 2 heterocycles. The van der Waals surface area contributed by atoms with Crippen molar-refractivity contribution in [2.75, 3.05) is 13.1 Å². The van der Waals surface area contributed by atoms with Crippen LogP contribution in [0.15, 0.2) is 23.6 Å². The van der Waals surface area contributed by atoms with Crippen molar-refractivity contribution in [1.82, 2.24) is 10.2 Å². The third-order valence-electron chi connectivity index (χ3n) is 6.37. The second-order valence-corrected chi connectivity index (χ2v) is 12.1. The maximum absolute atomic E-state index is 12.8. The van der Waals surface area contributed by atoms with Gasteiger partial charge in [-0.25, -0.2) is 0 Å². The van der Waals surface area contributed by atoms with Gasteiger partial charge in [-0.15, -0.1) is 11.3 Å². The Labute approximate surface area is 229 Å². The molecule has 2 aromatic rings. The molecule has 3 rings (SSSR count). The molecule has 1 aliphatic rings. The molecule has 4 N–H and O–H groups in total. The molecule has 1 fully saturated rings. The number of carbonyl (C=O) groups excluding carboxylic acids is 3. The second kappa shape index (κ2) is 11.8. The van der Waals surface area contributed by atoms with Crippen molar-refractivity contribution in [3.8, 4) is 0 Å². The number of fused-ring (bicyclic) bond motifs is 1. The van der Waals surface area contributed by atoms with Gasteiger partial charge >= 0.3 is 5.97 Å². The number of aliphatic carboxylic acids is 1. The van der Waals surface area contributed by atoms with Crippen LogP contribution in [0.25, 0.3) is 16.2 Å². The summed E-state index contributed by atoms with van der Waals surface area (Å²) >= 11 is 14.2. The SMILES string of the molecule is CC(C)(C)CC(=O)NC(C(N)=O)C(C(=O)O)C1CCN(C(=O)C=Cc2cc3ccsc3c(Cl)c2Cl)CC1. The Hall–Kier alpha value is -2.62. The molecule has 37 heavy (non-hydrogen) atoms. The minimum atomic E-state index is -1.33. The minimum absolute atomic E-state index is 0.122. The number of piperidine rings is 1. The van der Waals surface area contributed by atoms with E-state index in [1.165, 1.54) is 17.4 Å². The lowest BCUT2D eigenvalue weighted by Gasteiger charge is -2.36. The van der Waals surface area contributed by atoms with Crippen LogP contribution in [0, 0.1) is 17.3 Å². The zero-order chi connectivity index (χ0) is 27.5. The molecule has 1 aromatic heterocycles. The van der Waals surface area contributed by atoms with Crippen molar-refractivity contribution >= 4 is 74.4 Å². The first-order chi connectivity index (χ1) is 17.3. The highest BCUT2D eigenvalue weighted by Gasteiger charge is 2.41. The minimum Gasteiger partial charge on any atom is -0.481 e. The number of carboxylic acids is 1. The van der Waals surface area contributed by atoms with Gasteiger partial charge < -0.3 is 21.1 Å². The van der Waals surface area contributed by atoms with E-state index in [0.29, 0.717) is 41.5 Å². The molecular formula is C26H31Cl2N3O5S. The summed E-state index contributed by atoms with van der Waals surface area (Å²) < 4.78 is 0.883. The van der Waals surface area contributed by atoms with E-state index < -0.39 is 35.7 Å². The average molecular weight is 569 g/mol. The number of benzene rings is 1. The van der Waals surface area contributed by atoms with Crippen LogP contribution in [0.2, 0.25) is 10.0 Å². The van der Waals surface area contributed by atoms with Crippen LogP contribution in [0.4, 0.5) is 0 Å². The molecule has 11 heteroatoms. The number of primary amides is 1. The Morgan fingerprint density at radius 1 is 1.22 bits per heavy atom. The summed E-state index contributed by atoms with van der Waals surface area (Å²) in [4.78, 5) is 51.2. The Kier molecular flexibility index (Phi) is 9.26. The Morgan fingerprint density at radius 2 is 1.86 bits per heavy atom. The summed E-state index contributed by atoms with van der Waals surface area (Å²) in [7, 11) is 0. The predicted octanol–water partition coefficient (Wildman–Crippen LogP) is 4.57. The third-order valence-corrected chi connectivity index (χ3v) is 8.32. The number of halogens is 2. The van der Waals surface area contributed by atoms with E-state index in [1.807, 2.05) is 38.3 Å². The van der Waals surface area contributed by atoms with Gasteiger partial charge in [0.1, 0.15) is 6.04 Å². The highest BCUT2D eigenvalue weighted by atomic mass is 35.5. The molecule has 2 unspecified atom stereocenters. The molecule has 1 aromatic carbocycles. The van der Waals surface area contributed by atoms with Gasteiger partial charge in [0, 0.05) is 25.6 Å². The molecular weight excluding hydrogens is 537 g/mol. The lowest BCUT2D eigenvalue weighted by atomic mass is 9.79. The summed E-state index contributed by atoms with van der Waals surface area (Å²) in [6.45, 7) is 6.20. The summed E-state index contributed by atoms with van der Waals surface area (Å²) in [5.41, 5.74) is 5.79. The zero-order valence-electron chi connectivity index (χ0n) is 20.9. The first kappa shape index (κ1) is 28.9. The molecule has 0 radical (unpaired) electrons. The topological polar surface area (TPSA) is 130 Å². The largest absolute Gasteiger partial charge is 0.481 e. The van der Waals surface area contributed by atoms with Gasteiger partial charge in [0.25, 0.3) is 0 Å². The highest BCUT2D eigenvalue weighted by molar-refractivity contribution is 7.18. The third kappa shape index (κ3) is 7.24. The Bertz CT molecular complexity index is 1230. The fourth-order valence-corrected chi connectivity index (χ4v) is 6.03. The van der Waals surface area contributed by atoms with Crippen molar-refractivity contribution in [2.24, 2.45) is 23.0 Å². The van der Waals surface area contributed by atoms with Crippen molar-refractivity contribution < 1.29 is 24.3 Å². The number of nitrogens with two attached hydrogens (primary N) is 1. The van der Waals surface area contributed by atoms with Gasteiger partial charge in [-0.05, 0) is 58.7 Å². The van der Waals surface area contributed by atoms with Gasteiger partial charge in [-0.2, -0.15) is 0 Å². The molecule has 0 bridgehead atoms.